The first-order valence-electron chi connectivity index (χ1n) is 9.35. The highest BCUT2D eigenvalue weighted by molar-refractivity contribution is 6.31. The molecule has 0 bridgehead atoms. The van der Waals surface area contributed by atoms with Crippen molar-refractivity contribution in [2.45, 2.75) is 26.3 Å². The number of aromatic amines is 1. The molecule has 0 aliphatic carbocycles. The number of amides is 1. The molecule has 0 aliphatic rings. The number of H-pyrrole nitrogens is 1. The normalized spacial score (nSPS) is 11.7. The fourth-order valence-corrected chi connectivity index (χ4v) is 3.35. The quantitative estimate of drug-likeness (QED) is 0.443. The number of fused-ring (bicyclic) bond motifs is 2. The van der Waals surface area contributed by atoms with Crippen molar-refractivity contribution in [2.24, 2.45) is 0 Å². The number of para-hydroxylation sites is 1. The number of aromatic nitrogens is 4. The van der Waals surface area contributed by atoms with Gasteiger partial charge in [-0.1, -0.05) is 23.7 Å². The molecule has 0 radical (unpaired) electrons. The third-order valence-corrected chi connectivity index (χ3v) is 4.88. The van der Waals surface area contributed by atoms with Gasteiger partial charge in [0.2, 0.25) is 5.91 Å². The lowest BCUT2D eigenvalue weighted by Gasteiger charge is -2.26. The van der Waals surface area contributed by atoms with Gasteiger partial charge in [-0.05, 0) is 39.0 Å². The van der Waals surface area contributed by atoms with Gasteiger partial charge in [-0.25, -0.2) is 15.0 Å². The molecular weight excluding hydrogens is 388 g/mol. The molecule has 0 aliphatic heterocycles. The molecule has 0 atom stereocenters. The molecule has 3 aromatic heterocycles. The van der Waals surface area contributed by atoms with Crippen LogP contribution < -0.4 is 10.6 Å². The molecular formula is C21H25ClN6O. The molecule has 4 aromatic rings. The lowest BCUT2D eigenvalue weighted by Crippen LogP contribution is -2.48. The molecule has 8 heteroatoms. The third-order valence-electron chi connectivity index (χ3n) is 4.68. The molecule has 1 aromatic carbocycles. The summed E-state index contributed by atoms with van der Waals surface area (Å²) < 4.78 is 0. The van der Waals surface area contributed by atoms with Crippen LogP contribution in [0.3, 0.4) is 0 Å². The highest BCUT2D eigenvalue weighted by Crippen LogP contribution is 2.31. The van der Waals surface area contributed by atoms with Crippen molar-refractivity contribution in [1.82, 2.24) is 25.3 Å². The van der Waals surface area contributed by atoms with E-state index in [9.17, 15) is 4.79 Å². The van der Waals surface area contributed by atoms with Crippen LogP contribution in [0.2, 0.25) is 5.02 Å². The Hall–Kier alpha value is -3.19. The second-order valence-electron chi connectivity index (χ2n) is 7.27. The Balaban J connectivity index is 0.00000171. The molecule has 1 amide bonds. The van der Waals surface area contributed by atoms with Gasteiger partial charge in [-0.3, -0.25) is 4.79 Å². The van der Waals surface area contributed by atoms with E-state index in [4.69, 9.17) is 21.6 Å². The number of carbonyl (C=O) groups is 1. The Bertz CT molecular complexity index is 1230. The highest BCUT2D eigenvalue weighted by Gasteiger charge is 2.28. The summed E-state index contributed by atoms with van der Waals surface area (Å²) in [5, 5.41) is 8.36. The van der Waals surface area contributed by atoms with Crippen LogP contribution in [0.15, 0.2) is 42.7 Å². The molecule has 3 heterocycles. The Kier molecular flexibility index (Phi) is 4.84. The SMILES string of the molecule is CCNC(=O)C(C)(C)Nc1nc(-c2c[nH]c3ncc(Cl)cc23)nc2ccccc12.[HH].[HH]. The van der Waals surface area contributed by atoms with Crippen molar-refractivity contribution in [1.29, 1.82) is 0 Å². The van der Waals surface area contributed by atoms with E-state index in [1.165, 1.54) is 0 Å². The number of anilines is 1. The second kappa shape index (κ2) is 7.33. The van der Waals surface area contributed by atoms with Crippen molar-refractivity contribution >= 4 is 45.3 Å². The largest absolute Gasteiger partial charge is 0.356 e. The average Bonchev–Trinajstić information content (AvgIpc) is 3.11. The van der Waals surface area contributed by atoms with Gasteiger partial charge in [0, 0.05) is 38.1 Å². The van der Waals surface area contributed by atoms with Crippen LogP contribution in [0.1, 0.15) is 23.6 Å². The number of hydrogen-bond acceptors (Lipinski definition) is 5. The fraction of sp³-hybridized carbons (Fsp3) is 0.238. The summed E-state index contributed by atoms with van der Waals surface area (Å²) in [5.74, 6) is 1.01. The minimum absolute atomic E-state index is 0. The molecule has 0 saturated carbocycles. The lowest BCUT2D eigenvalue weighted by molar-refractivity contribution is -0.124. The Morgan fingerprint density at radius 3 is 2.83 bits per heavy atom. The summed E-state index contributed by atoms with van der Waals surface area (Å²) in [7, 11) is 0. The van der Waals surface area contributed by atoms with Crippen LogP contribution in [-0.4, -0.2) is 37.9 Å². The van der Waals surface area contributed by atoms with Gasteiger partial charge < -0.3 is 15.6 Å². The van der Waals surface area contributed by atoms with Crippen LogP contribution in [0.5, 0.6) is 0 Å². The number of nitrogens with zero attached hydrogens (tertiary/aromatic N) is 3. The maximum absolute atomic E-state index is 12.5. The molecule has 0 saturated heterocycles. The zero-order chi connectivity index (χ0) is 20.6. The molecule has 7 nitrogen and oxygen atoms in total. The average molecular weight is 413 g/mol. The summed E-state index contributed by atoms with van der Waals surface area (Å²) >= 11 is 6.14. The predicted molar refractivity (Wildman–Crippen MR) is 120 cm³/mol. The van der Waals surface area contributed by atoms with Gasteiger partial charge in [-0.2, -0.15) is 0 Å². The Labute approximate surface area is 175 Å². The van der Waals surface area contributed by atoms with Crippen LogP contribution in [0.25, 0.3) is 33.3 Å². The summed E-state index contributed by atoms with van der Waals surface area (Å²) in [4.78, 5) is 29.4. The van der Waals surface area contributed by atoms with Crippen molar-refractivity contribution in [3.05, 3.63) is 47.7 Å². The van der Waals surface area contributed by atoms with E-state index in [0.717, 1.165) is 21.9 Å². The van der Waals surface area contributed by atoms with Gasteiger partial charge in [0.1, 0.15) is 17.0 Å². The molecule has 0 fully saturated rings. The predicted octanol–water partition coefficient (Wildman–Crippen LogP) is 4.65. The van der Waals surface area contributed by atoms with Gasteiger partial charge in [0.05, 0.1) is 10.5 Å². The zero-order valence-corrected chi connectivity index (χ0v) is 17.1. The first-order valence-corrected chi connectivity index (χ1v) is 9.73. The van der Waals surface area contributed by atoms with Crippen LogP contribution in [0, 0.1) is 0 Å². The molecule has 4 rings (SSSR count). The van der Waals surface area contributed by atoms with Crippen LogP contribution in [0.4, 0.5) is 5.82 Å². The summed E-state index contributed by atoms with van der Waals surface area (Å²) in [6.07, 6.45) is 3.41. The second-order valence-corrected chi connectivity index (χ2v) is 7.71. The molecule has 152 valence electrons. The summed E-state index contributed by atoms with van der Waals surface area (Å²) in [6, 6.07) is 9.53. The fourth-order valence-electron chi connectivity index (χ4n) is 3.19. The number of benzene rings is 1. The summed E-state index contributed by atoms with van der Waals surface area (Å²) in [5.41, 5.74) is 1.42. The van der Waals surface area contributed by atoms with Crippen molar-refractivity contribution < 1.29 is 7.65 Å². The minimum atomic E-state index is -0.852. The van der Waals surface area contributed by atoms with Crippen LogP contribution >= 0.6 is 11.6 Å². The van der Waals surface area contributed by atoms with E-state index in [2.05, 4.69) is 20.6 Å². The smallest absolute Gasteiger partial charge is 0.245 e. The number of hydrogen-bond donors (Lipinski definition) is 3. The minimum Gasteiger partial charge on any atom is -0.356 e. The van der Waals surface area contributed by atoms with Gasteiger partial charge in [0.25, 0.3) is 0 Å². The number of nitrogens with one attached hydrogen (secondary N) is 3. The molecule has 0 unspecified atom stereocenters. The maximum Gasteiger partial charge on any atom is 0.245 e. The molecule has 0 spiro atoms. The monoisotopic (exact) mass is 412 g/mol. The van der Waals surface area contributed by atoms with Crippen molar-refractivity contribution in [3.8, 4) is 11.4 Å². The van der Waals surface area contributed by atoms with Gasteiger partial charge in [-0.15, -0.1) is 0 Å². The number of carbonyl (C=O) groups excluding carboxylic acids is 1. The lowest BCUT2D eigenvalue weighted by atomic mass is 10.0. The zero-order valence-electron chi connectivity index (χ0n) is 16.4. The van der Waals surface area contributed by atoms with E-state index < -0.39 is 5.54 Å². The first-order chi connectivity index (χ1) is 13.9. The highest BCUT2D eigenvalue weighted by atomic mass is 35.5. The number of likely N-dealkylation sites (N-methyl/N-ethyl adjacent to an activating group) is 1. The number of pyridine rings is 1. The van der Waals surface area contributed by atoms with Gasteiger partial charge in [0.15, 0.2) is 5.82 Å². The Morgan fingerprint density at radius 1 is 1.24 bits per heavy atom. The number of halogens is 1. The topological polar surface area (TPSA) is 95.6 Å². The van der Waals surface area contributed by atoms with E-state index in [0.29, 0.717) is 28.9 Å². The van der Waals surface area contributed by atoms with Crippen molar-refractivity contribution in [2.75, 3.05) is 11.9 Å². The van der Waals surface area contributed by atoms with E-state index >= 15 is 0 Å². The first kappa shape index (κ1) is 19.1. The van der Waals surface area contributed by atoms with E-state index in [-0.39, 0.29) is 8.76 Å². The van der Waals surface area contributed by atoms with Crippen molar-refractivity contribution in [3.63, 3.8) is 0 Å². The van der Waals surface area contributed by atoms with E-state index in [1.54, 1.807) is 6.20 Å². The third kappa shape index (κ3) is 3.61. The maximum atomic E-state index is 12.5. The summed E-state index contributed by atoms with van der Waals surface area (Å²) in [6.45, 7) is 6.10. The Morgan fingerprint density at radius 2 is 2.03 bits per heavy atom. The van der Waals surface area contributed by atoms with Gasteiger partial charge >= 0.3 is 0 Å². The van der Waals surface area contributed by atoms with E-state index in [1.807, 2.05) is 57.3 Å². The molecule has 29 heavy (non-hydrogen) atoms. The number of rotatable bonds is 5. The van der Waals surface area contributed by atoms with Crippen LogP contribution in [-0.2, 0) is 4.79 Å². The molecule has 3 N–H and O–H groups in total. The standard InChI is InChI=1S/C21H21ClN6O.2H2/c1-4-23-20(29)21(2,3)28-19-13-7-5-6-8-16(13)26-18(27-19)15-11-25-17-14(15)9-12(22)10-24-17;;/h5-11H,4H2,1-3H3,(H,23,29)(H,24,25)(H,26,27,28);2*1H.